The fraction of sp³-hybridized carbons (Fsp3) is 0.375. The number of aromatic nitrogens is 1. The Balaban J connectivity index is 3.38. The Labute approximate surface area is 87.0 Å². The van der Waals surface area contributed by atoms with Gasteiger partial charge in [-0.2, -0.15) is 13.2 Å². The van der Waals surface area contributed by atoms with E-state index in [1.165, 1.54) is 0 Å². The van der Waals surface area contributed by atoms with Crippen molar-refractivity contribution in [1.82, 2.24) is 4.98 Å². The number of hydrogen-bond acceptors (Lipinski definition) is 3. The zero-order valence-corrected chi connectivity index (χ0v) is 7.98. The van der Waals surface area contributed by atoms with Gasteiger partial charge in [-0.25, -0.2) is 13.8 Å². The number of halogens is 5. The highest BCUT2D eigenvalue weighted by Gasteiger charge is 2.35. The first-order valence-electron chi connectivity index (χ1n) is 3.97. The van der Waals surface area contributed by atoms with E-state index in [0.29, 0.717) is 6.07 Å². The molecule has 0 spiro atoms. The molecular formula is C8H7F5N2O. The Morgan fingerprint density at radius 3 is 2.31 bits per heavy atom. The van der Waals surface area contributed by atoms with Crippen LogP contribution < -0.4 is 10.5 Å². The predicted molar refractivity (Wildman–Crippen MR) is 45.2 cm³/mol. The minimum Gasteiger partial charge on any atom is -0.496 e. The van der Waals surface area contributed by atoms with Gasteiger partial charge in [0.25, 0.3) is 6.43 Å². The standard InChI is InChI=1S/C8H7F5N2O/c1-16-3-2-4(8(11,12)13)15-7(14)5(3)6(9)10/h2,6H,1H3,(H2,14,15). The van der Waals surface area contributed by atoms with Gasteiger partial charge in [0.05, 0.1) is 7.11 Å². The van der Waals surface area contributed by atoms with E-state index in [4.69, 9.17) is 5.73 Å². The molecule has 1 aromatic heterocycles. The third-order valence-electron chi connectivity index (χ3n) is 1.78. The van der Waals surface area contributed by atoms with Crippen molar-refractivity contribution >= 4 is 5.82 Å². The highest BCUT2D eigenvalue weighted by atomic mass is 19.4. The van der Waals surface area contributed by atoms with E-state index in [0.717, 1.165) is 7.11 Å². The van der Waals surface area contributed by atoms with Gasteiger partial charge in [0.2, 0.25) is 0 Å². The summed E-state index contributed by atoms with van der Waals surface area (Å²) in [7, 11) is 0.973. The maximum absolute atomic E-state index is 12.4. The monoisotopic (exact) mass is 242 g/mol. The van der Waals surface area contributed by atoms with Crippen LogP contribution in [0.1, 0.15) is 17.7 Å². The second-order valence-corrected chi connectivity index (χ2v) is 2.81. The van der Waals surface area contributed by atoms with Gasteiger partial charge in [0.15, 0.2) is 5.69 Å². The minimum absolute atomic E-state index is 0.387. The third kappa shape index (κ3) is 2.31. The number of nitrogen functional groups attached to an aromatic ring is 1. The van der Waals surface area contributed by atoms with E-state index >= 15 is 0 Å². The lowest BCUT2D eigenvalue weighted by Crippen LogP contribution is -2.12. The van der Waals surface area contributed by atoms with Crippen LogP contribution in [0, 0.1) is 0 Å². The number of ether oxygens (including phenoxy) is 1. The van der Waals surface area contributed by atoms with Crippen molar-refractivity contribution in [2.75, 3.05) is 12.8 Å². The molecule has 0 aliphatic rings. The SMILES string of the molecule is COc1cc(C(F)(F)F)nc(N)c1C(F)F. The van der Waals surface area contributed by atoms with Gasteiger partial charge in [0, 0.05) is 6.07 Å². The number of nitrogens with two attached hydrogens (primary N) is 1. The zero-order valence-electron chi connectivity index (χ0n) is 7.98. The number of alkyl halides is 5. The first kappa shape index (κ1) is 12.5. The van der Waals surface area contributed by atoms with Gasteiger partial charge < -0.3 is 10.5 Å². The van der Waals surface area contributed by atoms with Crippen LogP contribution in [0.4, 0.5) is 27.8 Å². The molecule has 1 heterocycles. The molecule has 0 aliphatic carbocycles. The van der Waals surface area contributed by atoms with Crippen LogP contribution in [0.25, 0.3) is 0 Å². The van der Waals surface area contributed by atoms with Crippen molar-refractivity contribution in [2.24, 2.45) is 0 Å². The summed E-state index contributed by atoms with van der Waals surface area (Å²) in [6.45, 7) is 0. The van der Waals surface area contributed by atoms with E-state index in [-0.39, 0.29) is 0 Å². The lowest BCUT2D eigenvalue weighted by molar-refractivity contribution is -0.141. The van der Waals surface area contributed by atoms with Crippen molar-refractivity contribution in [2.45, 2.75) is 12.6 Å². The predicted octanol–water partition coefficient (Wildman–Crippen LogP) is 2.63. The van der Waals surface area contributed by atoms with Gasteiger partial charge in [-0.3, -0.25) is 0 Å². The molecule has 0 aromatic carbocycles. The molecule has 0 amide bonds. The Morgan fingerprint density at radius 2 is 1.94 bits per heavy atom. The van der Waals surface area contributed by atoms with E-state index in [1.807, 2.05) is 0 Å². The molecule has 8 heteroatoms. The molecule has 0 aliphatic heterocycles. The Kier molecular flexibility index (Phi) is 3.20. The third-order valence-corrected chi connectivity index (χ3v) is 1.78. The fourth-order valence-corrected chi connectivity index (χ4v) is 1.08. The van der Waals surface area contributed by atoms with E-state index in [9.17, 15) is 22.0 Å². The quantitative estimate of drug-likeness (QED) is 0.811. The molecule has 0 bridgehead atoms. The molecular weight excluding hydrogens is 235 g/mol. The molecule has 1 rings (SSSR count). The second kappa shape index (κ2) is 4.11. The molecule has 1 aromatic rings. The van der Waals surface area contributed by atoms with Gasteiger partial charge in [-0.1, -0.05) is 0 Å². The van der Waals surface area contributed by atoms with E-state index in [2.05, 4.69) is 9.72 Å². The molecule has 0 fully saturated rings. The molecule has 16 heavy (non-hydrogen) atoms. The summed E-state index contributed by atoms with van der Waals surface area (Å²) in [5.41, 5.74) is 2.82. The molecule has 0 atom stereocenters. The van der Waals surface area contributed by atoms with Crippen LogP contribution in [0.5, 0.6) is 5.75 Å². The van der Waals surface area contributed by atoms with Crippen molar-refractivity contribution in [3.8, 4) is 5.75 Å². The maximum Gasteiger partial charge on any atom is 0.433 e. The molecule has 2 N–H and O–H groups in total. The van der Waals surface area contributed by atoms with Gasteiger partial charge in [-0.15, -0.1) is 0 Å². The summed E-state index contributed by atoms with van der Waals surface area (Å²) in [5.74, 6) is -1.52. The summed E-state index contributed by atoms with van der Waals surface area (Å²) >= 11 is 0. The number of methoxy groups -OCH3 is 1. The molecule has 90 valence electrons. The second-order valence-electron chi connectivity index (χ2n) is 2.81. The summed E-state index contributed by atoms with van der Waals surface area (Å²) < 4.78 is 66.0. The highest BCUT2D eigenvalue weighted by molar-refractivity contribution is 5.51. The molecule has 0 saturated heterocycles. The van der Waals surface area contributed by atoms with Crippen molar-refractivity contribution < 1.29 is 26.7 Å². The number of pyridine rings is 1. The fourth-order valence-electron chi connectivity index (χ4n) is 1.08. The smallest absolute Gasteiger partial charge is 0.433 e. The summed E-state index contributed by atoms with van der Waals surface area (Å²) in [6.07, 6.45) is -7.81. The van der Waals surface area contributed by atoms with Gasteiger partial charge in [0.1, 0.15) is 17.1 Å². The van der Waals surface area contributed by atoms with Crippen LogP contribution in [-0.4, -0.2) is 12.1 Å². The summed E-state index contributed by atoms with van der Waals surface area (Å²) in [6, 6.07) is 0.387. The first-order valence-corrected chi connectivity index (χ1v) is 3.97. The normalized spacial score (nSPS) is 11.9. The van der Waals surface area contributed by atoms with Crippen LogP contribution in [0.2, 0.25) is 0 Å². The zero-order chi connectivity index (χ0) is 12.5. The maximum atomic E-state index is 12.4. The first-order chi connectivity index (χ1) is 7.27. The largest absolute Gasteiger partial charge is 0.496 e. The van der Waals surface area contributed by atoms with Gasteiger partial charge >= 0.3 is 6.18 Å². The van der Waals surface area contributed by atoms with Crippen molar-refractivity contribution in [3.05, 3.63) is 17.3 Å². The van der Waals surface area contributed by atoms with Crippen LogP contribution >= 0.6 is 0 Å². The van der Waals surface area contributed by atoms with Crippen LogP contribution in [-0.2, 0) is 6.18 Å². The molecule has 3 nitrogen and oxygen atoms in total. The van der Waals surface area contributed by atoms with Crippen LogP contribution in [0.3, 0.4) is 0 Å². The van der Waals surface area contributed by atoms with Gasteiger partial charge in [-0.05, 0) is 0 Å². The van der Waals surface area contributed by atoms with E-state index in [1.54, 1.807) is 0 Å². The number of nitrogens with zero attached hydrogens (tertiary/aromatic N) is 1. The number of anilines is 1. The summed E-state index contributed by atoms with van der Waals surface area (Å²) in [5, 5.41) is 0. The average Bonchev–Trinajstić information content (AvgIpc) is 2.14. The van der Waals surface area contributed by atoms with Crippen molar-refractivity contribution in [3.63, 3.8) is 0 Å². The number of hydrogen-bond donors (Lipinski definition) is 1. The minimum atomic E-state index is -4.76. The summed E-state index contributed by atoms with van der Waals surface area (Å²) in [4.78, 5) is 2.87. The highest BCUT2D eigenvalue weighted by Crippen LogP contribution is 2.37. The Hall–Kier alpha value is -1.60. The molecule has 0 radical (unpaired) electrons. The lowest BCUT2D eigenvalue weighted by atomic mass is 10.2. The topological polar surface area (TPSA) is 48.1 Å². The Morgan fingerprint density at radius 1 is 1.38 bits per heavy atom. The average molecular weight is 242 g/mol. The van der Waals surface area contributed by atoms with Crippen molar-refractivity contribution in [1.29, 1.82) is 0 Å². The van der Waals surface area contributed by atoms with Crippen LogP contribution in [0.15, 0.2) is 6.07 Å². The van der Waals surface area contributed by atoms with E-state index < -0.39 is 35.4 Å². The Bertz CT molecular complexity index is 391. The lowest BCUT2D eigenvalue weighted by Gasteiger charge is -2.13. The molecule has 0 unspecified atom stereocenters. The molecule has 0 saturated carbocycles. The number of rotatable bonds is 2.